The minimum Gasteiger partial charge on any atom is -0.320 e. The lowest BCUT2D eigenvalue weighted by Gasteiger charge is -2.04. The largest absolute Gasteiger partial charge is 0.320 e. The molecule has 2 nitrogen and oxygen atoms in total. The fraction of sp³-hybridized carbons (Fsp3) is 0.500. The number of rotatable bonds is 2. The maximum Gasteiger partial charge on any atom is 0.0900 e. The number of nitrogens with zero attached hydrogens (tertiary/aromatic N) is 1. The molecule has 1 atom stereocenters. The van der Waals surface area contributed by atoms with Gasteiger partial charge < -0.3 is 5.73 Å². The lowest BCUT2D eigenvalue weighted by Crippen LogP contribution is -2.06. The van der Waals surface area contributed by atoms with E-state index >= 15 is 0 Å². The molecule has 0 spiro atoms. The number of hydrogen-bond donors (Lipinski definition) is 1. The van der Waals surface area contributed by atoms with Crippen molar-refractivity contribution in [2.45, 2.75) is 33.7 Å². The Balaban J connectivity index is 2.94. The van der Waals surface area contributed by atoms with Crippen molar-refractivity contribution in [2.24, 2.45) is 5.73 Å². The third kappa shape index (κ3) is 2.64. The van der Waals surface area contributed by atoms with E-state index in [2.05, 4.69) is 24.9 Å². The highest BCUT2D eigenvalue weighted by Crippen LogP contribution is 2.24. The van der Waals surface area contributed by atoms with Crippen LogP contribution in [0.5, 0.6) is 0 Å². The molecule has 0 aromatic carbocycles. The minimum absolute atomic E-state index is 0.0104. The van der Waals surface area contributed by atoms with Crippen molar-refractivity contribution < 1.29 is 0 Å². The lowest BCUT2D eigenvalue weighted by molar-refractivity contribution is 0.904. The van der Waals surface area contributed by atoms with Crippen LogP contribution in [0.15, 0.2) is 11.6 Å². The summed E-state index contributed by atoms with van der Waals surface area (Å²) in [5, 5.41) is 1.09. The monoisotopic (exact) mass is 196 g/mol. The predicted octanol–water partition coefficient (Wildman–Crippen LogP) is 2.73. The number of aromatic nitrogens is 1. The van der Waals surface area contributed by atoms with Crippen LogP contribution in [-0.2, 0) is 0 Å². The van der Waals surface area contributed by atoms with E-state index in [1.165, 1.54) is 10.5 Å². The summed E-state index contributed by atoms with van der Waals surface area (Å²) in [6.07, 6.45) is 2.07. The molecule has 0 bridgehead atoms. The van der Waals surface area contributed by atoms with Gasteiger partial charge in [0.2, 0.25) is 0 Å². The Kier molecular flexibility index (Phi) is 3.22. The van der Waals surface area contributed by atoms with Crippen molar-refractivity contribution in [3.05, 3.63) is 27.2 Å². The van der Waals surface area contributed by atoms with Crippen molar-refractivity contribution in [1.29, 1.82) is 0 Å². The van der Waals surface area contributed by atoms with Crippen LogP contribution in [-0.4, -0.2) is 4.98 Å². The zero-order valence-corrected chi connectivity index (χ0v) is 9.40. The molecule has 0 saturated heterocycles. The molecule has 0 aliphatic heterocycles. The molecule has 1 aromatic heterocycles. The molecule has 0 amide bonds. The van der Waals surface area contributed by atoms with Crippen LogP contribution in [0, 0.1) is 13.8 Å². The summed E-state index contributed by atoms with van der Waals surface area (Å²) < 4.78 is 0. The molecule has 2 N–H and O–H groups in total. The van der Waals surface area contributed by atoms with Gasteiger partial charge in [-0.1, -0.05) is 11.6 Å². The van der Waals surface area contributed by atoms with Crippen molar-refractivity contribution >= 4 is 11.3 Å². The van der Waals surface area contributed by atoms with Gasteiger partial charge >= 0.3 is 0 Å². The van der Waals surface area contributed by atoms with E-state index in [1.54, 1.807) is 11.3 Å². The maximum atomic E-state index is 6.00. The summed E-state index contributed by atoms with van der Waals surface area (Å²) in [5.41, 5.74) is 8.31. The van der Waals surface area contributed by atoms with E-state index in [0.29, 0.717) is 0 Å². The van der Waals surface area contributed by atoms with Gasteiger partial charge in [-0.2, -0.15) is 0 Å². The van der Waals surface area contributed by atoms with E-state index in [1.807, 2.05) is 13.8 Å². The molecule has 0 aliphatic carbocycles. The van der Waals surface area contributed by atoms with Crippen LogP contribution < -0.4 is 5.73 Å². The Bertz CT molecular complexity index is 322. The highest BCUT2D eigenvalue weighted by molar-refractivity contribution is 7.11. The van der Waals surface area contributed by atoms with Crippen LogP contribution in [0.4, 0.5) is 0 Å². The first-order valence-electron chi connectivity index (χ1n) is 4.35. The van der Waals surface area contributed by atoms with Crippen molar-refractivity contribution in [1.82, 2.24) is 4.98 Å². The number of hydrogen-bond acceptors (Lipinski definition) is 3. The van der Waals surface area contributed by atoms with E-state index in [0.717, 1.165) is 10.7 Å². The Labute approximate surface area is 83.5 Å². The van der Waals surface area contributed by atoms with Gasteiger partial charge in [0.15, 0.2) is 0 Å². The average Bonchev–Trinajstić information content (AvgIpc) is 2.28. The summed E-state index contributed by atoms with van der Waals surface area (Å²) in [5.74, 6) is 0. The van der Waals surface area contributed by atoms with Crippen molar-refractivity contribution in [3.8, 4) is 0 Å². The minimum atomic E-state index is 0.0104. The second kappa shape index (κ2) is 4.03. The van der Waals surface area contributed by atoms with E-state index in [9.17, 15) is 0 Å². The molecule has 13 heavy (non-hydrogen) atoms. The standard InChI is InChI=1S/C10H16N2S/c1-6(2)5-9(11)10-7(3)12-8(4)13-10/h5,9H,11H2,1-4H3. The first-order valence-corrected chi connectivity index (χ1v) is 5.17. The van der Waals surface area contributed by atoms with Crippen LogP contribution in [0.25, 0.3) is 0 Å². The van der Waals surface area contributed by atoms with Gasteiger partial charge in [-0.25, -0.2) is 4.98 Å². The van der Waals surface area contributed by atoms with Crippen molar-refractivity contribution in [3.63, 3.8) is 0 Å². The number of thiazole rings is 1. The fourth-order valence-corrected chi connectivity index (χ4v) is 2.19. The molecule has 0 aliphatic rings. The van der Waals surface area contributed by atoms with Crippen molar-refractivity contribution in [2.75, 3.05) is 0 Å². The Morgan fingerprint density at radius 3 is 2.46 bits per heavy atom. The summed E-state index contributed by atoms with van der Waals surface area (Å²) in [4.78, 5) is 5.53. The average molecular weight is 196 g/mol. The second-order valence-electron chi connectivity index (χ2n) is 3.45. The molecule has 0 radical (unpaired) electrons. The van der Waals surface area contributed by atoms with Crippen LogP contribution in [0.2, 0.25) is 0 Å². The molecular weight excluding hydrogens is 180 g/mol. The number of aryl methyl sites for hydroxylation is 2. The summed E-state index contributed by atoms with van der Waals surface area (Å²) >= 11 is 1.68. The summed E-state index contributed by atoms with van der Waals surface area (Å²) in [7, 11) is 0. The Morgan fingerprint density at radius 1 is 1.46 bits per heavy atom. The first-order chi connectivity index (χ1) is 6.00. The molecule has 1 rings (SSSR count). The zero-order chi connectivity index (χ0) is 10.0. The quantitative estimate of drug-likeness (QED) is 0.739. The zero-order valence-electron chi connectivity index (χ0n) is 8.59. The SMILES string of the molecule is CC(C)=CC(N)c1sc(C)nc1C. The maximum absolute atomic E-state index is 6.00. The van der Waals surface area contributed by atoms with Gasteiger partial charge in [-0.3, -0.25) is 0 Å². The van der Waals surface area contributed by atoms with Gasteiger partial charge in [0.25, 0.3) is 0 Å². The lowest BCUT2D eigenvalue weighted by atomic mass is 10.1. The molecule has 1 heterocycles. The van der Waals surface area contributed by atoms with Gasteiger partial charge in [0.1, 0.15) is 0 Å². The van der Waals surface area contributed by atoms with E-state index in [-0.39, 0.29) is 6.04 Å². The molecule has 1 unspecified atom stereocenters. The predicted molar refractivity (Wildman–Crippen MR) is 57.9 cm³/mol. The Morgan fingerprint density at radius 2 is 2.08 bits per heavy atom. The number of nitrogens with two attached hydrogens (primary N) is 1. The van der Waals surface area contributed by atoms with Gasteiger partial charge in [0.05, 0.1) is 16.7 Å². The molecule has 72 valence electrons. The molecule has 1 aromatic rings. The van der Waals surface area contributed by atoms with Crippen LogP contribution in [0.1, 0.15) is 35.5 Å². The third-order valence-electron chi connectivity index (χ3n) is 1.76. The highest BCUT2D eigenvalue weighted by Gasteiger charge is 2.10. The molecule has 3 heteroatoms. The smallest absolute Gasteiger partial charge is 0.0900 e. The molecule has 0 fully saturated rings. The first kappa shape index (κ1) is 10.4. The fourth-order valence-electron chi connectivity index (χ4n) is 1.29. The van der Waals surface area contributed by atoms with Gasteiger partial charge in [0, 0.05) is 4.88 Å². The number of allylic oxidation sites excluding steroid dienone is 1. The Hall–Kier alpha value is -0.670. The second-order valence-corrected chi connectivity index (χ2v) is 4.69. The highest BCUT2D eigenvalue weighted by atomic mass is 32.1. The third-order valence-corrected chi connectivity index (χ3v) is 2.93. The summed E-state index contributed by atoms with van der Waals surface area (Å²) in [6, 6.07) is 0.0104. The van der Waals surface area contributed by atoms with Gasteiger partial charge in [-0.15, -0.1) is 11.3 Å². The van der Waals surface area contributed by atoms with E-state index < -0.39 is 0 Å². The molecule has 0 saturated carbocycles. The van der Waals surface area contributed by atoms with Gasteiger partial charge in [-0.05, 0) is 27.7 Å². The topological polar surface area (TPSA) is 38.9 Å². The molecular formula is C10H16N2S. The van der Waals surface area contributed by atoms with Crippen LogP contribution >= 0.6 is 11.3 Å². The van der Waals surface area contributed by atoms with Crippen LogP contribution in [0.3, 0.4) is 0 Å². The van der Waals surface area contributed by atoms with E-state index in [4.69, 9.17) is 5.73 Å². The summed E-state index contributed by atoms with van der Waals surface area (Å²) in [6.45, 7) is 8.14. The normalized spacial score (nSPS) is 12.7.